The third-order valence-electron chi connectivity index (χ3n) is 4.54. The van der Waals surface area contributed by atoms with Gasteiger partial charge in [0.2, 0.25) is 5.91 Å². The zero-order valence-electron chi connectivity index (χ0n) is 13.3. The summed E-state index contributed by atoms with van der Waals surface area (Å²) in [6, 6.07) is 10.3. The van der Waals surface area contributed by atoms with Crippen LogP contribution in [0.5, 0.6) is 0 Å². The number of carbonyl (C=O) groups is 1. The van der Waals surface area contributed by atoms with Crippen molar-refractivity contribution in [2.75, 3.05) is 13.1 Å². The lowest BCUT2D eigenvalue weighted by molar-refractivity contribution is -0.123. The van der Waals surface area contributed by atoms with Crippen molar-refractivity contribution >= 4 is 16.9 Å². The monoisotopic (exact) mass is 300 g/mol. The number of nitrogens with one attached hydrogen (secondary N) is 1. The first-order valence-electron chi connectivity index (χ1n) is 8.15. The second-order valence-electron chi connectivity index (χ2n) is 6.29. The molecule has 1 N–H and O–H groups in total. The summed E-state index contributed by atoms with van der Waals surface area (Å²) in [4.78, 5) is 14.5. The number of benzene rings is 1. The molecular formula is C18H24N2O2. The molecule has 1 aromatic heterocycles. The van der Waals surface area contributed by atoms with Crippen LogP contribution in [0.3, 0.4) is 0 Å². The van der Waals surface area contributed by atoms with E-state index in [0.29, 0.717) is 12.6 Å². The first-order chi connectivity index (χ1) is 10.6. The van der Waals surface area contributed by atoms with Gasteiger partial charge >= 0.3 is 0 Å². The topological polar surface area (TPSA) is 45.5 Å². The second-order valence-corrected chi connectivity index (χ2v) is 6.29. The van der Waals surface area contributed by atoms with E-state index in [2.05, 4.69) is 17.1 Å². The Labute approximate surface area is 131 Å². The summed E-state index contributed by atoms with van der Waals surface area (Å²) in [5.41, 5.74) is 0.864. The highest BCUT2D eigenvalue weighted by molar-refractivity contribution is 5.80. The number of piperidine rings is 1. The van der Waals surface area contributed by atoms with Gasteiger partial charge in [-0.3, -0.25) is 9.69 Å². The predicted octanol–water partition coefficient (Wildman–Crippen LogP) is 3.48. The third kappa shape index (κ3) is 3.33. The molecule has 4 heteroatoms. The molecular weight excluding hydrogens is 276 g/mol. The van der Waals surface area contributed by atoms with Crippen molar-refractivity contribution in [3.63, 3.8) is 0 Å². The van der Waals surface area contributed by atoms with Crippen LogP contribution < -0.4 is 5.32 Å². The van der Waals surface area contributed by atoms with Gasteiger partial charge < -0.3 is 9.73 Å². The zero-order chi connectivity index (χ0) is 15.5. The van der Waals surface area contributed by atoms with Crippen molar-refractivity contribution in [3.8, 4) is 0 Å². The molecule has 0 unspecified atom stereocenters. The van der Waals surface area contributed by atoms with Crippen LogP contribution in [0, 0.1) is 0 Å². The van der Waals surface area contributed by atoms with Crippen LogP contribution >= 0.6 is 0 Å². The van der Waals surface area contributed by atoms with Crippen LogP contribution in [0.4, 0.5) is 0 Å². The van der Waals surface area contributed by atoms with Crippen molar-refractivity contribution in [1.29, 1.82) is 0 Å². The Kier molecular flexibility index (Phi) is 4.48. The van der Waals surface area contributed by atoms with Crippen LogP contribution in [0.2, 0.25) is 0 Å². The maximum Gasteiger partial charge on any atom is 0.234 e. The van der Waals surface area contributed by atoms with Gasteiger partial charge in [0, 0.05) is 11.4 Å². The van der Waals surface area contributed by atoms with Gasteiger partial charge in [0.1, 0.15) is 11.3 Å². The van der Waals surface area contributed by atoms with Crippen LogP contribution in [0.15, 0.2) is 34.7 Å². The lowest BCUT2D eigenvalue weighted by atomic mass is 10.0. The Morgan fingerprint density at radius 1 is 1.41 bits per heavy atom. The van der Waals surface area contributed by atoms with Crippen molar-refractivity contribution < 1.29 is 9.21 Å². The molecule has 2 heterocycles. The van der Waals surface area contributed by atoms with E-state index in [-0.39, 0.29) is 11.9 Å². The zero-order valence-corrected chi connectivity index (χ0v) is 13.3. The molecule has 1 aliphatic rings. The maximum atomic E-state index is 12.3. The number of likely N-dealkylation sites (tertiary alicyclic amines) is 1. The summed E-state index contributed by atoms with van der Waals surface area (Å²) >= 11 is 0. The van der Waals surface area contributed by atoms with E-state index in [0.717, 1.165) is 23.3 Å². The standard InChI is InChI=1S/C18H24N2O2/c1-13-7-5-6-10-20(13)12-18(21)19-14(2)17-11-15-8-3-4-9-16(15)22-17/h3-4,8-9,11,13-14H,5-7,10,12H2,1-2H3,(H,19,21)/t13-,14-/m0/s1. The highest BCUT2D eigenvalue weighted by atomic mass is 16.3. The Bertz CT molecular complexity index is 616. The Morgan fingerprint density at radius 2 is 2.23 bits per heavy atom. The maximum absolute atomic E-state index is 12.3. The number of carbonyl (C=O) groups excluding carboxylic acids is 1. The molecule has 0 radical (unpaired) electrons. The lowest BCUT2D eigenvalue weighted by Gasteiger charge is -2.32. The van der Waals surface area contributed by atoms with Crippen LogP contribution in [-0.2, 0) is 4.79 Å². The Balaban J connectivity index is 1.60. The fourth-order valence-electron chi connectivity index (χ4n) is 3.15. The minimum atomic E-state index is -0.111. The molecule has 118 valence electrons. The van der Waals surface area contributed by atoms with Gasteiger partial charge in [-0.05, 0) is 45.4 Å². The molecule has 2 aromatic rings. The number of fused-ring (bicyclic) bond motifs is 1. The van der Waals surface area contributed by atoms with Crippen molar-refractivity contribution in [1.82, 2.24) is 10.2 Å². The molecule has 0 bridgehead atoms. The Morgan fingerprint density at radius 3 is 3.00 bits per heavy atom. The molecule has 3 rings (SSSR count). The van der Waals surface area contributed by atoms with E-state index in [1.54, 1.807) is 0 Å². The highest BCUT2D eigenvalue weighted by Gasteiger charge is 2.22. The summed E-state index contributed by atoms with van der Waals surface area (Å²) in [7, 11) is 0. The largest absolute Gasteiger partial charge is 0.459 e. The number of hydrogen-bond donors (Lipinski definition) is 1. The molecule has 1 amide bonds. The lowest BCUT2D eigenvalue weighted by Crippen LogP contribution is -2.44. The van der Waals surface area contributed by atoms with Gasteiger partial charge in [0.05, 0.1) is 12.6 Å². The molecule has 1 aromatic carbocycles. The quantitative estimate of drug-likeness (QED) is 0.940. The number of rotatable bonds is 4. The first kappa shape index (κ1) is 15.1. The van der Waals surface area contributed by atoms with E-state index in [4.69, 9.17) is 4.42 Å². The van der Waals surface area contributed by atoms with Crippen LogP contribution in [0.25, 0.3) is 11.0 Å². The smallest absolute Gasteiger partial charge is 0.234 e. The average Bonchev–Trinajstić information content (AvgIpc) is 2.93. The molecule has 1 saturated heterocycles. The van der Waals surface area contributed by atoms with Crippen molar-refractivity contribution in [3.05, 3.63) is 36.1 Å². The van der Waals surface area contributed by atoms with Crippen molar-refractivity contribution in [2.45, 2.75) is 45.2 Å². The number of para-hydroxylation sites is 1. The molecule has 0 aliphatic carbocycles. The Hall–Kier alpha value is -1.81. The van der Waals surface area contributed by atoms with E-state index in [1.807, 2.05) is 37.3 Å². The summed E-state index contributed by atoms with van der Waals surface area (Å²) in [5.74, 6) is 0.878. The van der Waals surface area contributed by atoms with Crippen LogP contribution in [0.1, 0.15) is 44.9 Å². The summed E-state index contributed by atoms with van der Waals surface area (Å²) in [6.07, 6.45) is 3.65. The van der Waals surface area contributed by atoms with Gasteiger partial charge in [-0.25, -0.2) is 0 Å². The van der Waals surface area contributed by atoms with Gasteiger partial charge in [-0.1, -0.05) is 24.6 Å². The number of nitrogens with zero attached hydrogens (tertiary/aromatic N) is 1. The average molecular weight is 300 g/mol. The number of hydrogen-bond acceptors (Lipinski definition) is 3. The fourth-order valence-corrected chi connectivity index (χ4v) is 3.15. The van der Waals surface area contributed by atoms with Crippen LogP contribution in [-0.4, -0.2) is 29.9 Å². The van der Waals surface area contributed by atoms with Gasteiger partial charge in [-0.15, -0.1) is 0 Å². The fraction of sp³-hybridized carbons (Fsp3) is 0.500. The van der Waals surface area contributed by atoms with Gasteiger partial charge in [0.15, 0.2) is 0 Å². The normalized spacial score (nSPS) is 20.9. The molecule has 22 heavy (non-hydrogen) atoms. The van der Waals surface area contributed by atoms with E-state index in [9.17, 15) is 4.79 Å². The molecule has 0 spiro atoms. The molecule has 0 saturated carbocycles. The highest BCUT2D eigenvalue weighted by Crippen LogP contribution is 2.23. The number of furan rings is 1. The molecule has 4 nitrogen and oxygen atoms in total. The minimum absolute atomic E-state index is 0.0710. The molecule has 1 aliphatic heterocycles. The van der Waals surface area contributed by atoms with E-state index in [1.165, 1.54) is 19.3 Å². The van der Waals surface area contributed by atoms with E-state index >= 15 is 0 Å². The first-order valence-corrected chi connectivity index (χ1v) is 8.15. The van der Waals surface area contributed by atoms with Crippen molar-refractivity contribution in [2.24, 2.45) is 0 Å². The SMILES string of the molecule is C[C@H](NC(=O)CN1CCCC[C@@H]1C)c1cc2ccccc2o1. The summed E-state index contributed by atoms with van der Waals surface area (Å²) < 4.78 is 5.81. The van der Waals surface area contributed by atoms with Gasteiger partial charge in [-0.2, -0.15) is 0 Å². The number of amides is 1. The van der Waals surface area contributed by atoms with E-state index < -0.39 is 0 Å². The summed E-state index contributed by atoms with van der Waals surface area (Å²) in [5, 5.41) is 4.12. The second kappa shape index (κ2) is 6.53. The third-order valence-corrected chi connectivity index (χ3v) is 4.54. The molecule has 2 atom stereocenters. The predicted molar refractivity (Wildman–Crippen MR) is 87.7 cm³/mol. The summed E-state index contributed by atoms with van der Waals surface area (Å²) in [6.45, 7) is 5.67. The van der Waals surface area contributed by atoms with Gasteiger partial charge in [0.25, 0.3) is 0 Å². The molecule has 1 fully saturated rings. The minimum Gasteiger partial charge on any atom is -0.459 e.